The lowest BCUT2D eigenvalue weighted by molar-refractivity contribution is 0.0696. The lowest BCUT2D eigenvalue weighted by Crippen LogP contribution is -2.30. The lowest BCUT2D eigenvalue weighted by Gasteiger charge is -2.24. The van der Waals surface area contributed by atoms with E-state index >= 15 is 0 Å². The third-order valence-electron chi connectivity index (χ3n) is 2.73. The lowest BCUT2D eigenvalue weighted by atomic mass is 10.1. The molecule has 3 nitrogen and oxygen atoms in total. The molecule has 0 aromatic heterocycles. The first kappa shape index (κ1) is 13.6. The number of benzene rings is 1. The van der Waals surface area contributed by atoms with Gasteiger partial charge in [0.1, 0.15) is 5.82 Å². The number of halogens is 1. The maximum absolute atomic E-state index is 13.3. The molecule has 0 heterocycles. The van der Waals surface area contributed by atoms with Crippen molar-refractivity contribution in [2.45, 2.75) is 33.4 Å². The molecular weight excluding hydrogens is 221 g/mol. The van der Waals surface area contributed by atoms with Crippen LogP contribution in [0.4, 0.5) is 4.39 Å². The summed E-state index contributed by atoms with van der Waals surface area (Å²) in [6, 6.07) is 4.29. The second kappa shape index (κ2) is 5.77. The largest absolute Gasteiger partial charge is 0.478 e. The van der Waals surface area contributed by atoms with Gasteiger partial charge in [0.25, 0.3) is 0 Å². The highest BCUT2D eigenvalue weighted by Gasteiger charge is 2.11. The van der Waals surface area contributed by atoms with Crippen LogP contribution in [-0.4, -0.2) is 28.6 Å². The third kappa shape index (κ3) is 3.82. The van der Waals surface area contributed by atoms with Crippen LogP contribution in [0.3, 0.4) is 0 Å². The van der Waals surface area contributed by atoms with Gasteiger partial charge in [-0.2, -0.15) is 0 Å². The maximum atomic E-state index is 13.3. The number of hydrogen-bond donors (Lipinski definition) is 1. The van der Waals surface area contributed by atoms with E-state index in [0.717, 1.165) is 12.6 Å². The van der Waals surface area contributed by atoms with Crippen LogP contribution in [0.5, 0.6) is 0 Å². The first-order chi connectivity index (χ1) is 7.93. The topological polar surface area (TPSA) is 40.5 Å². The first-order valence-electron chi connectivity index (χ1n) is 5.70. The Kier molecular flexibility index (Phi) is 4.63. The smallest absolute Gasteiger partial charge is 0.335 e. The number of hydrogen-bond acceptors (Lipinski definition) is 2. The molecule has 0 saturated carbocycles. The van der Waals surface area contributed by atoms with E-state index in [1.54, 1.807) is 0 Å². The van der Waals surface area contributed by atoms with E-state index in [1.807, 2.05) is 6.92 Å². The SMILES string of the molecule is CCN(Cc1cc(F)cc(C(=O)O)c1)C(C)C. The average Bonchev–Trinajstić information content (AvgIpc) is 2.24. The zero-order valence-electron chi connectivity index (χ0n) is 10.4. The van der Waals surface area contributed by atoms with Gasteiger partial charge in [0, 0.05) is 12.6 Å². The van der Waals surface area contributed by atoms with Crippen molar-refractivity contribution in [3.8, 4) is 0 Å². The van der Waals surface area contributed by atoms with Gasteiger partial charge in [-0.3, -0.25) is 4.90 Å². The molecule has 17 heavy (non-hydrogen) atoms. The van der Waals surface area contributed by atoms with Gasteiger partial charge in [-0.05, 0) is 44.2 Å². The van der Waals surface area contributed by atoms with Gasteiger partial charge in [0.2, 0.25) is 0 Å². The fourth-order valence-electron chi connectivity index (χ4n) is 1.76. The molecule has 0 atom stereocenters. The molecule has 0 radical (unpaired) electrons. The summed E-state index contributed by atoms with van der Waals surface area (Å²) in [5.74, 6) is -1.60. The van der Waals surface area contributed by atoms with Crippen molar-refractivity contribution >= 4 is 5.97 Å². The van der Waals surface area contributed by atoms with Gasteiger partial charge < -0.3 is 5.11 Å². The molecule has 1 rings (SSSR count). The second-order valence-electron chi connectivity index (χ2n) is 4.31. The summed E-state index contributed by atoms with van der Waals surface area (Å²) in [4.78, 5) is 13.0. The molecular formula is C13H18FNO2. The number of carboxylic acids is 1. The Morgan fingerprint density at radius 1 is 1.41 bits per heavy atom. The van der Waals surface area contributed by atoms with E-state index < -0.39 is 11.8 Å². The molecule has 1 N–H and O–H groups in total. The minimum Gasteiger partial charge on any atom is -0.478 e. The van der Waals surface area contributed by atoms with Crippen LogP contribution in [-0.2, 0) is 6.54 Å². The first-order valence-corrected chi connectivity index (χ1v) is 5.70. The molecule has 4 heteroatoms. The van der Waals surface area contributed by atoms with Crippen molar-refractivity contribution in [3.05, 3.63) is 35.1 Å². The van der Waals surface area contributed by atoms with E-state index in [-0.39, 0.29) is 5.56 Å². The van der Waals surface area contributed by atoms with Gasteiger partial charge in [-0.25, -0.2) is 9.18 Å². The van der Waals surface area contributed by atoms with Crippen LogP contribution in [0, 0.1) is 5.82 Å². The van der Waals surface area contributed by atoms with E-state index in [4.69, 9.17) is 5.11 Å². The predicted octanol–water partition coefficient (Wildman–Crippen LogP) is 2.75. The van der Waals surface area contributed by atoms with Gasteiger partial charge in [-0.15, -0.1) is 0 Å². The van der Waals surface area contributed by atoms with Crippen LogP contribution in [0.1, 0.15) is 36.7 Å². The number of carboxylic acid groups (broad SMARTS) is 1. The second-order valence-corrected chi connectivity index (χ2v) is 4.31. The summed E-state index contributed by atoms with van der Waals surface area (Å²) in [7, 11) is 0. The zero-order valence-corrected chi connectivity index (χ0v) is 10.4. The number of aromatic carboxylic acids is 1. The number of rotatable bonds is 5. The Morgan fingerprint density at radius 2 is 2.06 bits per heavy atom. The quantitative estimate of drug-likeness (QED) is 0.859. The Balaban J connectivity index is 2.94. The van der Waals surface area contributed by atoms with Crippen LogP contribution < -0.4 is 0 Å². The summed E-state index contributed by atoms with van der Waals surface area (Å²) < 4.78 is 13.3. The molecule has 0 fully saturated rings. The Morgan fingerprint density at radius 3 is 2.53 bits per heavy atom. The Hall–Kier alpha value is -1.42. The van der Waals surface area contributed by atoms with E-state index in [2.05, 4.69) is 18.7 Å². The molecule has 0 saturated heterocycles. The van der Waals surface area contributed by atoms with Crippen LogP contribution in [0.2, 0.25) is 0 Å². The summed E-state index contributed by atoms with van der Waals surface area (Å²) in [6.07, 6.45) is 0. The van der Waals surface area contributed by atoms with Gasteiger partial charge >= 0.3 is 5.97 Å². The van der Waals surface area contributed by atoms with Crippen molar-refractivity contribution < 1.29 is 14.3 Å². The summed E-state index contributed by atoms with van der Waals surface area (Å²) in [6.45, 7) is 7.54. The Bertz CT molecular complexity index is 404. The fourth-order valence-corrected chi connectivity index (χ4v) is 1.76. The molecule has 0 amide bonds. The highest BCUT2D eigenvalue weighted by Crippen LogP contribution is 2.13. The molecule has 1 aromatic rings. The fraction of sp³-hybridized carbons (Fsp3) is 0.462. The standard InChI is InChI=1S/C13H18FNO2/c1-4-15(9(2)3)8-10-5-11(13(16)17)7-12(14)6-10/h5-7,9H,4,8H2,1-3H3,(H,16,17). The minimum absolute atomic E-state index is 0.000177. The van der Waals surface area contributed by atoms with Crippen molar-refractivity contribution in [3.63, 3.8) is 0 Å². The van der Waals surface area contributed by atoms with Crippen molar-refractivity contribution in [1.29, 1.82) is 0 Å². The number of nitrogens with zero attached hydrogens (tertiary/aromatic N) is 1. The molecule has 0 bridgehead atoms. The van der Waals surface area contributed by atoms with Crippen molar-refractivity contribution in [1.82, 2.24) is 4.90 Å². The highest BCUT2D eigenvalue weighted by molar-refractivity contribution is 5.87. The third-order valence-corrected chi connectivity index (χ3v) is 2.73. The van der Waals surface area contributed by atoms with Crippen LogP contribution in [0.25, 0.3) is 0 Å². The van der Waals surface area contributed by atoms with Gasteiger partial charge in [0.15, 0.2) is 0 Å². The molecule has 0 aliphatic carbocycles. The monoisotopic (exact) mass is 239 g/mol. The summed E-state index contributed by atoms with van der Waals surface area (Å²) >= 11 is 0. The van der Waals surface area contributed by atoms with E-state index in [1.165, 1.54) is 12.1 Å². The zero-order chi connectivity index (χ0) is 13.0. The van der Waals surface area contributed by atoms with E-state index in [0.29, 0.717) is 18.2 Å². The molecule has 0 aliphatic rings. The average molecular weight is 239 g/mol. The predicted molar refractivity (Wildman–Crippen MR) is 64.6 cm³/mol. The number of carbonyl (C=O) groups is 1. The maximum Gasteiger partial charge on any atom is 0.335 e. The highest BCUT2D eigenvalue weighted by atomic mass is 19.1. The summed E-state index contributed by atoms with van der Waals surface area (Å²) in [5.41, 5.74) is 0.692. The van der Waals surface area contributed by atoms with Gasteiger partial charge in [-0.1, -0.05) is 6.92 Å². The van der Waals surface area contributed by atoms with E-state index in [9.17, 15) is 9.18 Å². The molecule has 1 aromatic carbocycles. The summed E-state index contributed by atoms with van der Waals surface area (Å²) in [5, 5.41) is 8.85. The molecule has 0 unspecified atom stereocenters. The Labute approximate surface area is 101 Å². The van der Waals surface area contributed by atoms with Crippen molar-refractivity contribution in [2.24, 2.45) is 0 Å². The normalized spacial score (nSPS) is 11.2. The van der Waals surface area contributed by atoms with Crippen LogP contribution in [0.15, 0.2) is 18.2 Å². The van der Waals surface area contributed by atoms with Crippen LogP contribution >= 0.6 is 0 Å². The minimum atomic E-state index is -1.10. The molecule has 0 aliphatic heterocycles. The van der Waals surface area contributed by atoms with Gasteiger partial charge in [0.05, 0.1) is 5.56 Å². The molecule has 94 valence electrons. The van der Waals surface area contributed by atoms with Crippen molar-refractivity contribution in [2.75, 3.05) is 6.54 Å². The molecule has 0 spiro atoms.